The lowest BCUT2D eigenvalue weighted by molar-refractivity contribution is -0.143. The molecule has 5 heteroatoms. The van der Waals surface area contributed by atoms with Crippen molar-refractivity contribution in [2.24, 2.45) is 11.3 Å². The maximum absolute atomic E-state index is 12.6. The second-order valence-corrected chi connectivity index (χ2v) is 7.32. The molecule has 1 atom stereocenters. The van der Waals surface area contributed by atoms with Crippen molar-refractivity contribution in [3.05, 3.63) is 0 Å². The van der Waals surface area contributed by atoms with Crippen LogP contribution in [0, 0.1) is 11.3 Å². The van der Waals surface area contributed by atoms with Crippen LogP contribution in [0.3, 0.4) is 0 Å². The van der Waals surface area contributed by atoms with Crippen molar-refractivity contribution in [3.63, 3.8) is 0 Å². The molecular weight excluding hydrogens is 280 g/mol. The number of nitrogens with one attached hydrogen (secondary N) is 1. The molecule has 1 saturated heterocycles. The summed E-state index contributed by atoms with van der Waals surface area (Å²) in [5.41, 5.74) is 0.129. The lowest BCUT2D eigenvalue weighted by Gasteiger charge is -2.42. The lowest BCUT2D eigenvalue weighted by Crippen LogP contribution is -2.55. The van der Waals surface area contributed by atoms with Crippen LogP contribution in [-0.4, -0.2) is 49.6 Å². The number of ether oxygens (including phenoxy) is 1. The maximum atomic E-state index is 12.6. The van der Waals surface area contributed by atoms with Crippen LogP contribution in [0.4, 0.5) is 0 Å². The number of hydrogen-bond donors (Lipinski definition) is 1. The number of amides is 2. The first kappa shape index (κ1) is 15.8. The topological polar surface area (TPSA) is 58.6 Å². The number of nitrogens with zero attached hydrogens (tertiary/aromatic N) is 1. The average molecular weight is 308 g/mol. The van der Waals surface area contributed by atoms with Gasteiger partial charge in [0, 0.05) is 31.5 Å². The van der Waals surface area contributed by atoms with Gasteiger partial charge in [-0.15, -0.1) is 0 Å². The van der Waals surface area contributed by atoms with Gasteiger partial charge >= 0.3 is 0 Å². The molecule has 1 heterocycles. The van der Waals surface area contributed by atoms with Crippen molar-refractivity contribution in [2.45, 2.75) is 57.4 Å². The first-order valence-electron chi connectivity index (χ1n) is 8.72. The van der Waals surface area contributed by atoms with Gasteiger partial charge in [-0.1, -0.05) is 6.42 Å². The van der Waals surface area contributed by atoms with Gasteiger partial charge in [-0.05, 0) is 44.9 Å². The molecule has 3 rings (SSSR count). The Kier molecular flexibility index (Phi) is 4.71. The van der Waals surface area contributed by atoms with Crippen LogP contribution in [0.25, 0.3) is 0 Å². The second-order valence-electron chi connectivity index (χ2n) is 7.32. The smallest absolute Gasteiger partial charge is 0.242 e. The number of hydrogen-bond acceptors (Lipinski definition) is 3. The molecule has 0 radical (unpaired) electrons. The molecule has 2 aliphatic carbocycles. The minimum atomic E-state index is -0.249. The Morgan fingerprint density at radius 3 is 2.55 bits per heavy atom. The van der Waals surface area contributed by atoms with Crippen molar-refractivity contribution < 1.29 is 14.3 Å². The molecule has 124 valence electrons. The van der Waals surface area contributed by atoms with Gasteiger partial charge in [0.25, 0.3) is 0 Å². The molecule has 3 fully saturated rings. The number of carbonyl (C=O) groups is 2. The van der Waals surface area contributed by atoms with Gasteiger partial charge in [0.2, 0.25) is 11.8 Å². The van der Waals surface area contributed by atoms with Crippen LogP contribution in [-0.2, 0) is 14.3 Å². The Bertz CT molecular complexity index is 430. The third-order valence-corrected chi connectivity index (χ3v) is 5.52. The van der Waals surface area contributed by atoms with Crippen LogP contribution in [0.15, 0.2) is 0 Å². The number of piperidine rings is 1. The summed E-state index contributed by atoms with van der Waals surface area (Å²) in [4.78, 5) is 26.8. The van der Waals surface area contributed by atoms with Crippen LogP contribution in [0.5, 0.6) is 0 Å². The van der Waals surface area contributed by atoms with Crippen molar-refractivity contribution in [1.82, 2.24) is 10.2 Å². The molecule has 0 spiro atoms. The first-order valence-corrected chi connectivity index (χ1v) is 8.72. The summed E-state index contributed by atoms with van der Waals surface area (Å²) in [6, 6.07) is -0.249. The highest BCUT2D eigenvalue weighted by atomic mass is 16.5. The van der Waals surface area contributed by atoms with E-state index >= 15 is 0 Å². The Balaban J connectivity index is 1.56. The van der Waals surface area contributed by atoms with Crippen molar-refractivity contribution in [1.29, 1.82) is 0 Å². The minimum absolute atomic E-state index is 0.0380. The van der Waals surface area contributed by atoms with Gasteiger partial charge in [0.05, 0.1) is 6.61 Å². The third-order valence-electron chi connectivity index (χ3n) is 5.52. The summed E-state index contributed by atoms with van der Waals surface area (Å²) in [6.07, 6.45) is 8.33. The van der Waals surface area contributed by atoms with E-state index in [1.54, 1.807) is 7.11 Å². The fraction of sp³-hybridized carbons (Fsp3) is 0.882. The molecule has 1 N–H and O–H groups in total. The molecule has 1 unspecified atom stereocenters. The minimum Gasteiger partial charge on any atom is -0.384 e. The lowest BCUT2D eigenvalue weighted by atomic mass is 9.69. The van der Waals surface area contributed by atoms with E-state index in [9.17, 15) is 9.59 Å². The average Bonchev–Trinajstić information content (AvgIpc) is 3.33. The highest BCUT2D eigenvalue weighted by Gasteiger charge is 2.41. The Hall–Kier alpha value is -1.10. The van der Waals surface area contributed by atoms with Crippen molar-refractivity contribution in [2.75, 3.05) is 26.8 Å². The number of rotatable bonds is 6. The Morgan fingerprint density at radius 2 is 1.95 bits per heavy atom. The molecule has 0 aromatic carbocycles. The first-order chi connectivity index (χ1) is 10.7. The molecular formula is C17H28N2O3. The molecule has 2 amide bonds. The zero-order valence-electron chi connectivity index (χ0n) is 13.6. The summed E-state index contributed by atoms with van der Waals surface area (Å²) >= 11 is 0. The van der Waals surface area contributed by atoms with Gasteiger partial charge in [0.1, 0.15) is 6.04 Å². The molecule has 3 aliphatic rings. The van der Waals surface area contributed by atoms with Crippen LogP contribution >= 0.6 is 0 Å². The predicted octanol–water partition coefficient (Wildman–Crippen LogP) is 1.71. The summed E-state index contributed by atoms with van der Waals surface area (Å²) in [5, 5.41) is 3.11. The fourth-order valence-electron chi connectivity index (χ4n) is 3.78. The van der Waals surface area contributed by atoms with Crippen molar-refractivity contribution >= 4 is 11.8 Å². The van der Waals surface area contributed by atoms with Gasteiger partial charge in [-0.25, -0.2) is 0 Å². The van der Waals surface area contributed by atoms with E-state index in [4.69, 9.17) is 4.74 Å². The molecule has 0 aromatic rings. The normalized spacial score (nSPS) is 27.1. The number of likely N-dealkylation sites (tertiary alicyclic amines) is 1. The zero-order valence-corrected chi connectivity index (χ0v) is 13.6. The number of methoxy groups -OCH3 is 1. The predicted molar refractivity (Wildman–Crippen MR) is 83.2 cm³/mol. The van der Waals surface area contributed by atoms with E-state index in [0.717, 1.165) is 51.5 Å². The maximum Gasteiger partial charge on any atom is 0.242 e. The molecule has 2 saturated carbocycles. The Morgan fingerprint density at radius 1 is 1.18 bits per heavy atom. The van der Waals surface area contributed by atoms with Crippen LogP contribution in [0.2, 0.25) is 0 Å². The van der Waals surface area contributed by atoms with E-state index in [2.05, 4.69) is 5.32 Å². The second kappa shape index (κ2) is 6.57. The van der Waals surface area contributed by atoms with Crippen LogP contribution < -0.4 is 5.32 Å². The molecule has 1 aliphatic heterocycles. The van der Waals surface area contributed by atoms with Crippen LogP contribution in [0.1, 0.15) is 51.4 Å². The Labute approximate surface area is 132 Å². The monoisotopic (exact) mass is 308 g/mol. The zero-order chi connectivity index (χ0) is 15.6. The van der Waals surface area contributed by atoms with E-state index in [-0.39, 0.29) is 29.2 Å². The summed E-state index contributed by atoms with van der Waals surface area (Å²) < 4.78 is 5.31. The summed E-state index contributed by atoms with van der Waals surface area (Å²) in [7, 11) is 1.72. The summed E-state index contributed by atoms with van der Waals surface area (Å²) in [5.74, 6) is 0.436. The summed E-state index contributed by atoms with van der Waals surface area (Å²) in [6.45, 7) is 2.14. The van der Waals surface area contributed by atoms with E-state index in [1.807, 2.05) is 4.90 Å². The van der Waals surface area contributed by atoms with Gasteiger partial charge < -0.3 is 15.0 Å². The molecule has 5 nitrogen and oxygen atoms in total. The van der Waals surface area contributed by atoms with E-state index in [0.29, 0.717) is 13.2 Å². The third kappa shape index (κ3) is 3.29. The quantitative estimate of drug-likeness (QED) is 0.812. The molecule has 22 heavy (non-hydrogen) atoms. The largest absolute Gasteiger partial charge is 0.384 e. The molecule has 0 aromatic heterocycles. The highest BCUT2D eigenvalue weighted by molar-refractivity contribution is 5.89. The highest BCUT2D eigenvalue weighted by Crippen LogP contribution is 2.40. The van der Waals surface area contributed by atoms with Gasteiger partial charge in [-0.3, -0.25) is 9.59 Å². The van der Waals surface area contributed by atoms with E-state index < -0.39 is 0 Å². The van der Waals surface area contributed by atoms with Gasteiger partial charge in [-0.2, -0.15) is 0 Å². The molecule has 0 bridgehead atoms. The van der Waals surface area contributed by atoms with E-state index in [1.165, 1.54) is 6.42 Å². The standard InChI is InChI=1S/C17H28N2O3/c1-22-12-17(8-4-9-17)11-18-15(20)14-5-2-3-10-19(14)16(21)13-6-7-13/h13-14H,2-12H2,1H3,(H,18,20). The van der Waals surface area contributed by atoms with Gasteiger partial charge in [0.15, 0.2) is 0 Å². The SMILES string of the molecule is COCC1(CNC(=O)C2CCCCN2C(=O)C2CC2)CCC1. The van der Waals surface area contributed by atoms with Crippen molar-refractivity contribution in [3.8, 4) is 0 Å². The fourth-order valence-corrected chi connectivity index (χ4v) is 3.78. The number of carbonyl (C=O) groups excluding carboxylic acids is 2.